The van der Waals surface area contributed by atoms with Crippen molar-refractivity contribution in [3.63, 3.8) is 0 Å². The minimum atomic E-state index is -5.86. The summed E-state index contributed by atoms with van der Waals surface area (Å²) in [5.41, 5.74) is 4.10. The van der Waals surface area contributed by atoms with Gasteiger partial charge < -0.3 is 4.74 Å². The summed E-state index contributed by atoms with van der Waals surface area (Å²) in [5, 5.41) is 3.34. The molecule has 11 aromatic rings. The molecule has 2 unspecified atom stereocenters. The average molecular weight is 927 g/mol. The molecule has 12 rings (SSSR count). The first kappa shape index (κ1) is 32.2. The summed E-state index contributed by atoms with van der Waals surface area (Å²) in [6, 6.07) is 59.9. The number of fused-ring (bicyclic) bond motifs is 7. The first-order chi connectivity index (χ1) is 36.5. The third-order valence-corrected chi connectivity index (χ3v) is 26.8. The van der Waals surface area contributed by atoms with E-state index >= 15 is 0 Å². The predicted molar refractivity (Wildman–Crippen MR) is 279 cm³/mol. The van der Waals surface area contributed by atoms with Gasteiger partial charge >= 0.3 is 0 Å². The smallest absolute Gasteiger partial charge is 0.220 e. The molecule has 0 fully saturated rings. The van der Waals surface area contributed by atoms with Gasteiger partial charge in [0.15, 0.2) is 8.07 Å². The summed E-state index contributed by atoms with van der Waals surface area (Å²) in [7, 11) is -14.9. The maximum absolute atomic E-state index is 9.96. The fourth-order valence-corrected chi connectivity index (χ4v) is 24.0. The summed E-state index contributed by atoms with van der Waals surface area (Å²) in [4.78, 5) is 23.9. The highest BCUT2D eigenvalue weighted by Crippen LogP contribution is 2.56. The third-order valence-electron chi connectivity index (χ3n) is 13.6. The fourth-order valence-electron chi connectivity index (χ4n) is 10.9. The van der Waals surface area contributed by atoms with Gasteiger partial charge in [-0.3, -0.25) is 8.97 Å². The van der Waals surface area contributed by atoms with Crippen LogP contribution in [-0.4, -0.2) is 58.1 Å². The fraction of sp³-hybridized carbons (Fsp3) is 0.0893. The van der Waals surface area contributed by atoms with Gasteiger partial charge in [-0.05, 0) is 75.3 Å². The largest absolute Gasteiger partial charge is 0.457 e. The van der Waals surface area contributed by atoms with E-state index in [2.05, 4.69) is 79.6 Å². The van der Waals surface area contributed by atoms with E-state index < -0.39 is 53.8 Å². The molecule has 0 saturated carbocycles. The quantitative estimate of drug-likeness (QED) is 0.108. The molecule has 1 aliphatic rings. The highest BCUT2D eigenvalue weighted by Gasteiger charge is 2.67. The number of aromatic nitrogens is 7. The number of benzene rings is 7. The third kappa shape index (κ3) is 5.78. The lowest BCUT2D eigenvalue weighted by molar-refractivity contribution is 0.452. The number of ether oxygens (including phenoxy) is 1. The molecule has 11 heteroatoms. The molecule has 0 spiro atoms. The standard InChI is InChI=1S/C56H47N7OSi3/c1-65(2,53-57-35-19-36-58-53)56(66(3,4)54-59-37-20-38-60-54)44-27-11-16-33-50(44)64-52-45(56)28-18-34-51(52)67(41-22-7-5-8-23-41,42-24-9-6-10-25-42)43-26-17-21-40(39-43)62-48-31-14-15-32-49(48)63-47-30-13-12-29-46(47)61-55(62)63/h5-39H,1-4H3/i1D3,2D3,3D3. The maximum Gasteiger partial charge on any atom is 0.220 e. The summed E-state index contributed by atoms with van der Waals surface area (Å²) in [5.74, 6) is 0.969. The zero-order chi connectivity index (χ0) is 52.9. The highest BCUT2D eigenvalue weighted by atomic mass is 28.4. The van der Waals surface area contributed by atoms with Crippen molar-refractivity contribution in [1.82, 2.24) is 33.9 Å². The van der Waals surface area contributed by atoms with Gasteiger partial charge in [-0.1, -0.05) is 159 Å². The lowest BCUT2D eigenvalue weighted by atomic mass is 9.98. The van der Waals surface area contributed by atoms with Crippen LogP contribution in [0.3, 0.4) is 0 Å². The van der Waals surface area contributed by atoms with Crippen LogP contribution in [0.2, 0.25) is 26.0 Å². The minimum Gasteiger partial charge on any atom is -0.457 e. The summed E-state index contributed by atoms with van der Waals surface area (Å²) >= 11 is 0. The average Bonchev–Trinajstić information content (AvgIpc) is 3.43. The molecule has 0 aliphatic carbocycles. The molecular formula is C56H47N7OSi3. The molecule has 0 radical (unpaired) electrons. The summed E-state index contributed by atoms with van der Waals surface area (Å²) in [6.07, 6.45) is 5.50. The van der Waals surface area contributed by atoms with Gasteiger partial charge in [0.05, 0.1) is 22.1 Å². The van der Waals surface area contributed by atoms with E-state index in [0.29, 0.717) is 11.0 Å². The number of para-hydroxylation sites is 6. The number of hydrogen-bond donors (Lipinski definition) is 0. The number of rotatable bonds is 9. The van der Waals surface area contributed by atoms with Crippen molar-refractivity contribution in [1.29, 1.82) is 0 Å². The Morgan fingerprint density at radius 2 is 1.06 bits per heavy atom. The normalized spacial score (nSPS) is 18.3. The number of hydrogen-bond acceptors (Lipinski definition) is 6. The molecule has 0 amide bonds. The van der Waals surface area contributed by atoms with Gasteiger partial charge in [0.1, 0.15) is 38.5 Å². The van der Waals surface area contributed by atoms with Gasteiger partial charge in [0.25, 0.3) is 0 Å². The number of nitrogens with zero attached hydrogens (tertiary/aromatic N) is 7. The van der Waals surface area contributed by atoms with Crippen LogP contribution in [0.4, 0.5) is 0 Å². The lowest BCUT2D eigenvalue weighted by Crippen LogP contribution is -2.78. The van der Waals surface area contributed by atoms with Gasteiger partial charge in [0.2, 0.25) is 5.78 Å². The molecule has 4 aromatic heterocycles. The molecule has 8 nitrogen and oxygen atoms in total. The Kier molecular flexibility index (Phi) is 7.45. The van der Waals surface area contributed by atoms with Crippen LogP contribution in [0.25, 0.3) is 33.5 Å². The Hall–Kier alpha value is -7.58. The molecule has 0 bridgehead atoms. The Labute approximate surface area is 405 Å². The van der Waals surface area contributed by atoms with Crippen molar-refractivity contribution in [2.45, 2.75) is 30.6 Å². The van der Waals surface area contributed by atoms with E-state index in [1.54, 1.807) is 42.5 Å². The van der Waals surface area contributed by atoms with Crippen LogP contribution in [0.5, 0.6) is 11.5 Å². The second-order valence-corrected chi connectivity index (χ2v) is 27.6. The Bertz CT molecular complexity index is 3940. The van der Waals surface area contributed by atoms with Crippen LogP contribution >= 0.6 is 0 Å². The van der Waals surface area contributed by atoms with Crippen molar-refractivity contribution in [2.24, 2.45) is 0 Å². The summed E-state index contributed by atoms with van der Waals surface area (Å²) in [6.45, 7) is -8.44. The van der Waals surface area contributed by atoms with Crippen molar-refractivity contribution < 1.29 is 17.1 Å². The first-order valence-corrected chi connectivity index (χ1v) is 28.6. The van der Waals surface area contributed by atoms with Gasteiger partial charge in [-0.25, -0.2) is 24.9 Å². The molecule has 67 heavy (non-hydrogen) atoms. The van der Waals surface area contributed by atoms with Crippen LogP contribution in [0, 0.1) is 0 Å². The predicted octanol–water partition coefficient (Wildman–Crippen LogP) is 8.09. The van der Waals surface area contributed by atoms with Crippen LogP contribution in [0.15, 0.2) is 213 Å². The topological polar surface area (TPSA) is 83.0 Å². The zero-order valence-corrected chi connectivity index (χ0v) is 39.2. The lowest BCUT2D eigenvalue weighted by Gasteiger charge is -2.55. The molecule has 324 valence electrons. The first-order valence-electron chi connectivity index (χ1n) is 26.6. The van der Waals surface area contributed by atoms with Crippen LogP contribution < -0.4 is 36.4 Å². The van der Waals surface area contributed by atoms with Crippen molar-refractivity contribution in [3.05, 3.63) is 224 Å². The van der Waals surface area contributed by atoms with E-state index in [4.69, 9.17) is 19.7 Å². The van der Waals surface area contributed by atoms with Crippen LogP contribution in [0.1, 0.15) is 23.5 Å². The number of imidazole rings is 2. The molecule has 5 heterocycles. The SMILES string of the molecule is [2H]C([2H])([2H])[Si](C)(c1ncccn1)C1([Si](c2ncccn2)(C([2H])([2H])[2H])C([2H])([2H])[2H])c2ccccc2Oc2c1cccc2[Si](c1ccccc1)(c1ccccc1)c1cccc(-n2c3ccccc3n3c4ccccc4nc23)c1. The van der Waals surface area contributed by atoms with Gasteiger partial charge in [-0.2, -0.15) is 0 Å². The zero-order valence-electron chi connectivity index (χ0n) is 45.2. The van der Waals surface area contributed by atoms with E-state index in [0.717, 1.165) is 43.3 Å². The monoisotopic (exact) mass is 926 g/mol. The Morgan fingerprint density at radius 1 is 0.507 bits per heavy atom. The van der Waals surface area contributed by atoms with E-state index in [9.17, 15) is 12.3 Å². The molecule has 7 aromatic carbocycles. The summed E-state index contributed by atoms with van der Waals surface area (Å²) < 4.78 is 98.8. The van der Waals surface area contributed by atoms with E-state index in [1.807, 2.05) is 78.9 Å². The Morgan fingerprint density at radius 3 is 1.75 bits per heavy atom. The van der Waals surface area contributed by atoms with Crippen molar-refractivity contribution in [2.75, 3.05) is 0 Å². The molecule has 0 saturated heterocycles. The van der Waals surface area contributed by atoms with Crippen LogP contribution in [-0.2, 0) is 4.66 Å². The highest BCUT2D eigenvalue weighted by molar-refractivity contribution is 7.20. The van der Waals surface area contributed by atoms with Gasteiger partial charge in [-0.15, -0.1) is 0 Å². The van der Waals surface area contributed by atoms with Crippen molar-refractivity contribution >= 4 is 83.7 Å². The molecular weight excluding hydrogens is 871 g/mol. The van der Waals surface area contributed by atoms with Gasteiger partial charge in [0, 0.05) is 58.6 Å². The molecule has 0 N–H and O–H groups in total. The minimum absolute atomic E-state index is 0.0908. The molecule has 2 atom stereocenters. The van der Waals surface area contributed by atoms with Crippen molar-refractivity contribution in [3.8, 4) is 17.2 Å². The Balaban J connectivity index is 1.29. The second-order valence-electron chi connectivity index (χ2n) is 17.1. The molecule has 1 aliphatic heterocycles. The van der Waals surface area contributed by atoms with E-state index in [-0.39, 0.29) is 28.1 Å². The van der Waals surface area contributed by atoms with E-state index in [1.165, 1.54) is 37.4 Å². The maximum atomic E-state index is 9.96. The second kappa shape index (κ2) is 15.5.